The van der Waals surface area contributed by atoms with E-state index in [0.717, 1.165) is 33.7 Å². The summed E-state index contributed by atoms with van der Waals surface area (Å²) in [6.45, 7) is 6.25. The Hall–Kier alpha value is -3.08. The summed E-state index contributed by atoms with van der Waals surface area (Å²) in [6.07, 6.45) is 0. The Morgan fingerprint density at radius 2 is 1.80 bits per heavy atom. The largest absolute Gasteiger partial charge is 0.488 e. The number of hydrogen-bond donors (Lipinski definition) is 1. The molecule has 4 rings (SSSR count). The van der Waals surface area contributed by atoms with Crippen LogP contribution >= 0.6 is 0 Å². The van der Waals surface area contributed by atoms with Crippen molar-refractivity contribution in [1.29, 1.82) is 0 Å². The number of aryl methyl sites for hydroxylation is 3. The monoisotopic (exact) mass is 334 g/mol. The number of carbonyl (C=O) groups excluding carboxylic acids is 1. The van der Waals surface area contributed by atoms with Gasteiger partial charge >= 0.3 is 0 Å². The van der Waals surface area contributed by atoms with Gasteiger partial charge in [-0.25, -0.2) is 0 Å². The summed E-state index contributed by atoms with van der Waals surface area (Å²) in [5, 5.41) is 6.89. The Morgan fingerprint density at radius 3 is 2.56 bits per heavy atom. The van der Waals surface area contributed by atoms with Crippen molar-refractivity contribution in [3.05, 3.63) is 64.3 Å². The first kappa shape index (κ1) is 15.4. The first-order valence-electron chi connectivity index (χ1n) is 8.13. The van der Waals surface area contributed by atoms with Crippen molar-refractivity contribution in [2.75, 3.05) is 5.32 Å². The number of nitrogens with one attached hydrogen (secondary N) is 1. The second-order valence-electron chi connectivity index (χ2n) is 6.46. The van der Waals surface area contributed by atoms with E-state index in [1.165, 1.54) is 0 Å². The molecule has 1 amide bonds. The Balaban J connectivity index is 1.68. The highest BCUT2D eigenvalue weighted by molar-refractivity contribution is 6.05. The fourth-order valence-electron chi connectivity index (χ4n) is 3.17. The first-order chi connectivity index (χ1) is 12.0. The van der Waals surface area contributed by atoms with Gasteiger partial charge in [-0.15, -0.1) is 0 Å². The van der Waals surface area contributed by atoms with Crippen LogP contribution in [0.25, 0.3) is 11.3 Å². The third-order valence-corrected chi connectivity index (χ3v) is 4.23. The summed E-state index contributed by atoms with van der Waals surface area (Å²) in [5.41, 5.74) is 5.79. The third kappa shape index (κ3) is 2.78. The van der Waals surface area contributed by atoms with Crippen molar-refractivity contribution >= 4 is 11.6 Å². The van der Waals surface area contributed by atoms with Gasteiger partial charge in [0.05, 0.1) is 11.1 Å². The van der Waals surface area contributed by atoms with Crippen LogP contribution in [0.3, 0.4) is 0 Å². The molecule has 5 heteroatoms. The van der Waals surface area contributed by atoms with E-state index in [9.17, 15) is 4.79 Å². The molecular weight excluding hydrogens is 316 g/mol. The van der Waals surface area contributed by atoms with Gasteiger partial charge in [-0.2, -0.15) is 0 Å². The van der Waals surface area contributed by atoms with E-state index < -0.39 is 0 Å². The molecule has 0 fully saturated rings. The summed E-state index contributed by atoms with van der Waals surface area (Å²) in [5.74, 6) is 1.06. The van der Waals surface area contributed by atoms with Crippen molar-refractivity contribution in [3.63, 3.8) is 0 Å². The lowest BCUT2D eigenvalue weighted by atomic mass is 10.0. The van der Waals surface area contributed by atoms with E-state index in [2.05, 4.69) is 16.5 Å². The molecule has 0 bridgehead atoms. The second-order valence-corrected chi connectivity index (χ2v) is 6.46. The molecule has 0 saturated heterocycles. The standard InChI is InChI=1S/C20H18N2O3/c1-11-4-5-17-15(9-11)19-16(10-24-17)18(22-25-19)20(23)21-14-7-12(2)6-13(3)8-14/h4-9H,10H2,1-3H3,(H,21,23). The predicted molar refractivity (Wildman–Crippen MR) is 94.9 cm³/mol. The Labute approximate surface area is 145 Å². The van der Waals surface area contributed by atoms with Crippen LogP contribution in [-0.4, -0.2) is 11.1 Å². The first-order valence-corrected chi connectivity index (χ1v) is 8.13. The van der Waals surface area contributed by atoms with E-state index in [1.807, 2.05) is 51.1 Å². The molecule has 2 aromatic carbocycles. The zero-order valence-corrected chi connectivity index (χ0v) is 14.3. The van der Waals surface area contributed by atoms with Crippen molar-refractivity contribution in [3.8, 4) is 17.1 Å². The van der Waals surface area contributed by atoms with Crippen LogP contribution in [-0.2, 0) is 6.61 Å². The van der Waals surface area contributed by atoms with Gasteiger partial charge in [-0.1, -0.05) is 22.9 Å². The zero-order valence-electron chi connectivity index (χ0n) is 14.3. The van der Waals surface area contributed by atoms with Crippen LogP contribution in [0.15, 0.2) is 40.9 Å². The molecule has 0 saturated carbocycles. The molecular formula is C20H18N2O3. The quantitative estimate of drug-likeness (QED) is 0.754. The molecule has 0 radical (unpaired) electrons. The van der Waals surface area contributed by atoms with Gasteiger partial charge in [-0.05, 0) is 56.2 Å². The van der Waals surface area contributed by atoms with Crippen molar-refractivity contribution in [2.45, 2.75) is 27.4 Å². The number of aromatic nitrogens is 1. The van der Waals surface area contributed by atoms with Crippen molar-refractivity contribution in [2.24, 2.45) is 0 Å². The van der Waals surface area contributed by atoms with Gasteiger partial charge in [0.25, 0.3) is 5.91 Å². The Morgan fingerprint density at radius 1 is 1.04 bits per heavy atom. The van der Waals surface area contributed by atoms with Crippen LogP contribution in [0.2, 0.25) is 0 Å². The van der Waals surface area contributed by atoms with Crippen LogP contribution < -0.4 is 10.1 Å². The predicted octanol–water partition coefficient (Wildman–Crippen LogP) is 4.41. The second kappa shape index (κ2) is 5.77. The molecule has 1 aliphatic rings. The Kier molecular flexibility index (Phi) is 3.57. The topological polar surface area (TPSA) is 64.4 Å². The zero-order chi connectivity index (χ0) is 17.6. The highest BCUT2D eigenvalue weighted by Crippen LogP contribution is 2.39. The average molecular weight is 334 g/mol. The summed E-state index contributed by atoms with van der Waals surface area (Å²) in [7, 11) is 0. The fourth-order valence-corrected chi connectivity index (χ4v) is 3.17. The molecule has 2 heterocycles. The average Bonchev–Trinajstić information content (AvgIpc) is 2.98. The van der Waals surface area contributed by atoms with Gasteiger partial charge in [0.2, 0.25) is 0 Å². The normalized spacial score (nSPS) is 12.1. The number of carbonyl (C=O) groups is 1. The SMILES string of the molecule is Cc1cc(C)cc(NC(=O)c2noc3c2COc2ccc(C)cc2-3)c1. The minimum Gasteiger partial charge on any atom is -0.488 e. The minimum absolute atomic E-state index is 0.265. The summed E-state index contributed by atoms with van der Waals surface area (Å²) < 4.78 is 11.2. The molecule has 1 aliphatic heterocycles. The van der Waals surface area contributed by atoms with E-state index >= 15 is 0 Å². The van der Waals surface area contributed by atoms with E-state index in [0.29, 0.717) is 11.3 Å². The van der Waals surface area contributed by atoms with Crippen molar-refractivity contribution in [1.82, 2.24) is 5.16 Å². The molecule has 3 aromatic rings. The van der Waals surface area contributed by atoms with E-state index in [1.54, 1.807) is 0 Å². The van der Waals surface area contributed by atoms with Crippen LogP contribution in [0.4, 0.5) is 5.69 Å². The molecule has 0 spiro atoms. The van der Waals surface area contributed by atoms with Gasteiger partial charge in [0.1, 0.15) is 12.4 Å². The van der Waals surface area contributed by atoms with Crippen molar-refractivity contribution < 1.29 is 14.1 Å². The lowest BCUT2D eigenvalue weighted by Gasteiger charge is -2.16. The maximum atomic E-state index is 12.7. The molecule has 25 heavy (non-hydrogen) atoms. The number of anilines is 1. The highest BCUT2D eigenvalue weighted by Gasteiger charge is 2.29. The molecule has 5 nitrogen and oxygen atoms in total. The lowest BCUT2D eigenvalue weighted by Crippen LogP contribution is -2.16. The maximum Gasteiger partial charge on any atom is 0.278 e. The van der Waals surface area contributed by atoms with E-state index in [4.69, 9.17) is 9.26 Å². The lowest BCUT2D eigenvalue weighted by molar-refractivity contribution is 0.101. The number of hydrogen-bond acceptors (Lipinski definition) is 4. The number of amides is 1. The molecule has 1 aromatic heterocycles. The van der Waals surface area contributed by atoms with E-state index in [-0.39, 0.29) is 18.2 Å². The molecule has 0 atom stereocenters. The van der Waals surface area contributed by atoms with Gasteiger partial charge < -0.3 is 14.6 Å². The molecule has 1 N–H and O–H groups in total. The number of fused-ring (bicyclic) bond motifs is 3. The summed E-state index contributed by atoms with van der Waals surface area (Å²) in [6, 6.07) is 11.8. The number of benzene rings is 2. The minimum atomic E-state index is -0.297. The summed E-state index contributed by atoms with van der Waals surface area (Å²) >= 11 is 0. The fraction of sp³-hybridized carbons (Fsp3) is 0.200. The van der Waals surface area contributed by atoms with Gasteiger partial charge in [0, 0.05) is 5.69 Å². The number of rotatable bonds is 2. The van der Waals surface area contributed by atoms with Crippen LogP contribution in [0.1, 0.15) is 32.7 Å². The Bertz CT molecular complexity index is 968. The third-order valence-electron chi connectivity index (χ3n) is 4.23. The summed E-state index contributed by atoms with van der Waals surface area (Å²) in [4.78, 5) is 12.7. The molecule has 0 aliphatic carbocycles. The number of ether oxygens (including phenoxy) is 1. The number of nitrogens with zero attached hydrogens (tertiary/aromatic N) is 1. The highest BCUT2D eigenvalue weighted by atomic mass is 16.5. The van der Waals surface area contributed by atoms with Crippen LogP contribution in [0, 0.1) is 20.8 Å². The maximum absolute atomic E-state index is 12.7. The smallest absolute Gasteiger partial charge is 0.278 e. The van der Waals surface area contributed by atoms with Gasteiger partial charge in [0.15, 0.2) is 11.5 Å². The van der Waals surface area contributed by atoms with Gasteiger partial charge in [-0.3, -0.25) is 4.79 Å². The molecule has 0 unspecified atom stereocenters. The molecule has 126 valence electrons. The van der Waals surface area contributed by atoms with Crippen LogP contribution in [0.5, 0.6) is 5.75 Å².